The molecule has 17 heavy (non-hydrogen) atoms. The van der Waals surface area contributed by atoms with Crippen molar-refractivity contribution in [2.24, 2.45) is 0 Å². The molecule has 0 radical (unpaired) electrons. The van der Waals surface area contributed by atoms with E-state index in [4.69, 9.17) is 9.47 Å². The Labute approximate surface area is 108 Å². The largest absolute Gasteiger partial charge is 0.379 e. The fourth-order valence-corrected chi connectivity index (χ4v) is 1.79. The van der Waals surface area contributed by atoms with E-state index in [0.717, 1.165) is 5.56 Å². The van der Waals surface area contributed by atoms with Crippen molar-refractivity contribution in [2.75, 3.05) is 19.8 Å². The molecule has 0 fully saturated rings. The van der Waals surface area contributed by atoms with Crippen LogP contribution in [0, 0.1) is 10.1 Å². The van der Waals surface area contributed by atoms with Crippen molar-refractivity contribution < 1.29 is 14.4 Å². The third-order valence-electron chi connectivity index (χ3n) is 2.09. The van der Waals surface area contributed by atoms with Crippen molar-refractivity contribution in [1.29, 1.82) is 0 Å². The van der Waals surface area contributed by atoms with Gasteiger partial charge in [0.25, 0.3) is 5.69 Å². The van der Waals surface area contributed by atoms with Gasteiger partial charge in [-0.25, -0.2) is 0 Å². The fourth-order valence-electron chi connectivity index (χ4n) is 1.26. The SMILES string of the molecule is CCOCCOCc1cccc([N+](=O)[O-])c1Br. The van der Waals surface area contributed by atoms with Crippen molar-refractivity contribution in [3.63, 3.8) is 0 Å². The standard InChI is InChI=1S/C11H14BrNO4/c1-2-16-6-7-17-8-9-4-3-5-10(11(9)12)13(14)15/h3-5H,2,6-8H2,1H3. The van der Waals surface area contributed by atoms with Crippen molar-refractivity contribution in [3.8, 4) is 0 Å². The fraction of sp³-hybridized carbons (Fsp3) is 0.455. The molecular weight excluding hydrogens is 290 g/mol. The summed E-state index contributed by atoms with van der Waals surface area (Å²) in [6.45, 7) is 3.91. The third kappa shape index (κ3) is 4.41. The maximum Gasteiger partial charge on any atom is 0.283 e. The molecule has 1 aromatic rings. The van der Waals surface area contributed by atoms with Gasteiger partial charge in [0.2, 0.25) is 0 Å². The molecule has 0 spiro atoms. The maximum absolute atomic E-state index is 10.7. The average molecular weight is 304 g/mol. The van der Waals surface area contributed by atoms with Crippen LogP contribution in [0.4, 0.5) is 5.69 Å². The van der Waals surface area contributed by atoms with Crippen LogP contribution in [0.25, 0.3) is 0 Å². The zero-order chi connectivity index (χ0) is 12.7. The first-order valence-corrected chi connectivity index (χ1v) is 6.03. The second kappa shape index (κ2) is 7.37. The van der Waals surface area contributed by atoms with Gasteiger partial charge in [-0.2, -0.15) is 0 Å². The average Bonchev–Trinajstić information content (AvgIpc) is 2.30. The van der Waals surface area contributed by atoms with E-state index in [-0.39, 0.29) is 5.69 Å². The van der Waals surface area contributed by atoms with Gasteiger partial charge in [0, 0.05) is 12.7 Å². The first-order valence-electron chi connectivity index (χ1n) is 5.24. The lowest BCUT2D eigenvalue weighted by atomic mass is 10.2. The first-order chi connectivity index (χ1) is 8.16. The van der Waals surface area contributed by atoms with Crippen LogP contribution in [0.5, 0.6) is 0 Å². The molecule has 0 saturated heterocycles. The number of nitro benzene ring substituents is 1. The number of ether oxygens (including phenoxy) is 2. The van der Waals surface area contributed by atoms with E-state index >= 15 is 0 Å². The van der Waals surface area contributed by atoms with E-state index in [1.54, 1.807) is 12.1 Å². The van der Waals surface area contributed by atoms with Crippen LogP contribution in [-0.4, -0.2) is 24.7 Å². The Morgan fingerprint density at radius 1 is 1.35 bits per heavy atom. The molecule has 0 N–H and O–H groups in total. The molecule has 0 aliphatic carbocycles. The number of hydrogen-bond donors (Lipinski definition) is 0. The molecule has 0 aliphatic rings. The predicted molar refractivity (Wildman–Crippen MR) is 66.9 cm³/mol. The Morgan fingerprint density at radius 2 is 2.06 bits per heavy atom. The Morgan fingerprint density at radius 3 is 2.71 bits per heavy atom. The number of nitrogens with zero attached hydrogens (tertiary/aromatic N) is 1. The molecule has 0 atom stereocenters. The monoisotopic (exact) mass is 303 g/mol. The summed E-state index contributed by atoms with van der Waals surface area (Å²) >= 11 is 3.21. The lowest BCUT2D eigenvalue weighted by Crippen LogP contribution is -2.04. The summed E-state index contributed by atoms with van der Waals surface area (Å²) in [6.07, 6.45) is 0. The summed E-state index contributed by atoms with van der Waals surface area (Å²) in [4.78, 5) is 10.3. The summed E-state index contributed by atoms with van der Waals surface area (Å²) in [5, 5.41) is 10.7. The summed E-state index contributed by atoms with van der Waals surface area (Å²) in [6, 6.07) is 4.88. The Balaban J connectivity index is 2.54. The third-order valence-corrected chi connectivity index (χ3v) is 3.00. The zero-order valence-electron chi connectivity index (χ0n) is 9.52. The highest BCUT2D eigenvalue weighted by atomic mass is 79.9. The molecule has 0 saturated carbocycles. The van der Waals surface area contributed by atoms with Crippen LogP contribution >= 0.6 is 15.9 Å². The maximum atomic E-state index is 10.7. The summed E-state index contributed by atoms with van der Waals surface area (Å²) in [7, 11) is 0. The van der Waals surface area contributed by atoms with Crippen LogP contribution in [0.2, 0.25) is 0 Å². The van der Waals surface area contributed by atoms with Gasteiger partial charge in [0.05, 0.1) is 24.7 Å². The highest BCUT2D eigenvalue weighted by molar-refractivity contribution is 9.10. The van der Waals surface area contributed by atoms with Gasteiger partial charge in [0.15, 0.2) is 0 Å². The highest BCUT2D eigenvalue weighted by Crippen LogP contribution is 2.28. The molecule has 6 heteroatoms. The minimum absolute atomic E-state index is 0.0518. The van der Waals surface area contributed by atoms with E-state index in [1.165, 1.54) is 6.07 Å². The molecular formula is C11H14BrNO4. The Hall–Kier alpha value is -0.980. The number of halogens is 1. The lowest BCUT2D eigenvalue weighted by molar-refractivity contribution is -0.385. The van der Waals surface area contributed by atoms with Gasteiger partial charge >= 0.3 is 0 Å². The molecule has 0 unspecified atom stereocenters. The number of benzene rings is 1. The highest BCUT2D eigenvalue weighted by Gasteiger charge is 2.14. The summed E-state index contributed by atoms with van der Waals surface area (Å²) in [5.41, 5.74) is 0.812. The quantitative estimate of drug-likeness (QED) is 0.441. The minimum Gasteiger partial charge on any atom is -0.379 e. The first kappa shape index (κ1) is 14.1. The van der Waals surface area contributed by atoms with Gasteiger partial charge in [0.1, 0.15) is 4.47 Å². The Kier molecular flexibility index (Phi) is 6.10. The van der Waals surface area contributed by atoms with E-state index in [9.17, 15) is 10.1 Å². The molecule has 0 amide bonds. The van der Waals surface area contributed by atoms with Crippen LogP contribution in [-0.2, 0) is 16.1 Å². The van der Waals surface area contributed by atoms with Gasteiger partial charge in [-0.3, -0.25) is 10.1 Å². The molecule has 0 aromatic heterocycles. The van der Waals surface area contributed by atoms with Crippen molar-refractivity contribution >= 4 is 21.6 Å². The van der Waals surface area contributed by atoms with Gasteiger partial charge in [-0.1, -0.05) is 12.1 Å². The van der Waals surface area contributed by atoms with Crippen LogP contribution in [0.1, 0.15) is 12.5 Å². The number of nitro groups is 1. The van der Waals surface area contributed by atoms with Crippen LogP contribution in [0.15, 0.2) is 22.7 Å². The molecule has 0 heterocycles. The molecule has 94 valence electrons. The van der Waals surface area contributed by atoms with Crippen LogP contribution in [0.3, 0.4) is 0 Å². The number of rotatable bonds is 7. The molecule has 1 rings (SSSR count). The number of hydrogen-bond acceptors (Lipinski definition) is 4. The topological polar surface area (TPSA) is 61.6 Å². The summed E-state index contributed by atoms with van der Waals surface area (Å²) < 4.78 is 11.0. The molecule has 1 aromatic carbocycles. The second-order valence-corrected chi connectivity index (χ2v) is 4.05. The Bertz CT molecular complexity index is 384. The molecule has 0 aliphatic heterocycles. The molecule has 5 nitrogen and oxygen atoms in total. The molecule has 0 bridgehead atoms. The lowest BCUT2D eigenvalue weighted by Gasteiger charge is -2.06. The van der Waals surface area contributed by atoms with Crippen molar-refractivity contribution in [1.82, 2.24) is 0 Å². The van der Waals surface area contributed by atoms with Gasteiger partial charge < -0.3 is 9.47 Å². The van der Waals surface area contributed by atoms with Crippen LogP contribution < -0.4 is 0 Å². The van der Waals surface area contributed by atoms with E-state index in [2.05, 4.69) is 15.9 Å². The van der Waals surface area contributed by atoms with E-state index in [1.807, 2.05) is 6.92 Å². The van der Waals surface area contributed by atoms with Gasteiger partial charge in [-0.15, -0.1) is 0 Å². The van der Waals surface area contributed by atoms with Crippen molar-refractivity contribution in [3.05, 3.63) is 38.3 Å². The second-order valence-electron chi connectivity index (χ2n) is 3.26. The van der Waals surface area contributed by atoms with Crippen molar-refractivity contribution in [2.45, 2.75) is 13.5 Å². The summed E-state index contributed by atoms with van der Waals surface area (Å²) in [5.74, 6) is 0. The smallest absolute Gasteiger partial charge is 0.283 e. The minimum atomic E-state index is -0.423. The zero-order valence-corrected chi connectivity index (χ0v) is 11.1. The van der Waals surface area contributed by atoms with Gasteiger partial charge in [-0.05, 0) is 28.4 Å². The van der Waals surface area contributed by atoms with E-state index < -0.39 is 4.92 Å². The predicted octanol–water partition coefficient (Wildman–Crippen LogP) is 2.91. The normalized spacial score (nSPS) is 10.5. The van der Waals surface area contributed by atoms with E-state index in [0.29, 0.717) is 30.9 Å².